The molecule has 2 saturated heterocycles. The van der Waals surface area contributed by atoms with Gasteiger partial charge in [-0.05, 0) is 38.5 Å². The van der Waals surface area contributed by atoms with Crippen LogP contribution in [0.15, 0.2) is 0 Å². The summed E-state index contributed by atoms with van der Waals surface area (Å²) in [7, 11) is 1.98. The summed E-state index contributed by atoms with van der Waals surface area (Å²) in [4.78, 5) is 141. The van der Waals surface area contributed by atoms with E-state index in [-0.39, 0.29) is 36.8 Å². The van der Waals surface area contributed by atoms with E-state index in [2.05, 4.69) is 37.2 Å². The Morgan fingerprint density at radius 3 is 2.00 bits per heavy atom. The molecule has 2 heterocycles. The summed E-state index contributed by atoms with van der Waals surface area (Å²) >= 11 is 0. The largest absolute Gasteiger partial charge is 0.481 e. The van der Waals surface area contributed by atoms with E-state index in [0.717, 1.165) is 21.6 Å². The molecular formula is C33H51N9O14S2. The molecule has 0 spiro atoms. The molecule has 2 aliphatic rings. The Balaban J connectivity index is 2.37. The first-order chi connectivity index (χ1) is 27.2. The highest BCUT2D eigenvalue weighted by atomic mass is 33.1. The third-order valence-electron chi connectivity index (χ3n) is 8.61. The number of fused-ring (bicyclic) bond motifs is 1. The molecular weight excluding hydrogens is 811 g/mol. The lowest BCUT2D eigenvalue weighted by molar-refractivity contribution is -0.144. The van der Waals surface area contributed by atoms with Crippen molar-refractivity contribution >= 4 is 86.8 Å². The van der Waals surface area contributed by atoms with Crippen molar-refractivity contribution < 1.29 is 68.1 Å². The topological polar surface area (TPSA) is 362 Å². The van der Waals surface area contributed by atoms with Gasteiger partial charge in [0.05, 0.1) is 25.6 Å². The predicted octanol–water partition coefficient (Wildman–Crippen LogP) is -4.15. The normalized spacial score (nSPS) is 27.2. The maximum absolute atomic E-state index is 13.7. The van der Waals surface area contributed by atoms with Gasteiger partial charge in [-0.3, -0.25) is 47.9 Å². The van der Waals surface area contributed by atoms with E-state index >= 15 is 0 Å². The number of nitrogens with zero attached hydrogens (tertiary/aromatic N) is 1. The first-order valence-corrected chi connectivity index (χ1v) is 20.7. The Morgan fingerprint density at radius 2 is 1.38 bits per heavy atom. The number of hydrogen-bond acceptors (Lipinski definition) is 14. The van der Waals surface area contributed by atoms with Crippen LogP contribution in [0.5, 0.6) is 0 Å². The highest BCUT2D eigenvalue weighted by molar-refractivity contribution is 8.76. The molecule has 8 amide bonds. The molecule has 0 aromatic heterocycles. The Hall–Kier alpha value is -5.17. The molecule has 58 heavy (non-hydrogen) atoms. The highest BCUT2D eigenvalue weighted by Gasteiger charge is 2.39. The molecule has 2 aliphatic heterocycles. The number of aliphatic carboxylic acids is 3. The molecule has 23 nitrogen and oxygen atoms in total. The van der Waals surface area contributed by atoms with E-state index in [1.807, 2.05) is 0 Å². The monoisotopic (exact) mass is 861 g/mol. The van der Waals surface area contributed by atoms with Gasteiger partial charge in [-0.15, -0.1) is 0 Å². The van der Waals surface area contributed by atoms with Crippen molar-refractivity contribution in [1.82, 2.24) is 42.1 Å². The standard InChI is InChI=1S/C33H51N9O14S2/c1-15(2)9-20-32(54)42-8-4-5-22(42)31(53)41-21(33(55)56)14-58-57-13-17(34)28(50)37-16(3)27(49)39-18(6-7-25(45)46)30(52)40-19(10-26(47)48)29(51)36-11-23(43)35-12-24(44)38-20/h15-22H,4-14,34H2,1-3H3,(H,35,43)(H,36,51)(H,37,50)(H,38,44)(H,39,49)(H,40,52)(H,41,53)(H,45,46)(H,47,48)(H,55,56)/t16-,17-,18-,19-,20-,21-,22-/m0/s1. The Kier molecular flexibility index (Phi) is 20.2. The minimum absolute atomic E-state index is 0.0865. The molecule has 12 N–H and O–H groups in total. The van der Waals surface area contributed by atoms with Crippen LogP contribution in [0.25, 0.3) is 0 Å². The van der Waals surface area contributed by atoms with Crippen LogP contribution >= 0.6 is 21.6 Å². The quantitative estimate of drug-likeness (QED) is 0.103. The number of carbonyl (C=O) groups is 11. The molecule has 0 aliphatic carbocycles. The van der Waals surface area contributed by atoms with Gasteiger partial charge in [0.25, 0.3) is 0 Å². The van der Waals surface area contributed by atoms with Crippen molar-refractivity contribution in [3.05, 3.63) is 0 Å². The Bertz CT molecular complexity index is 1580. The van der Waals surface area contributed by atoms with Gasteiger partial charge in [-0.2, -0.15) is 0 Å². The van der Waals surface area contributed by atoms with Crippen LogP contribution < -0.4 is 43.0 Å². The average molecular weight is 862 g/mol. The van der Waals surface area contributed by atoms with Gasteiger partial charge in [-0.1, -0.05) is 35.4 Å². The van der Waals surface area contributed by atoms with Gasteiger partial charge in [-0.25, -0.2) is 4.79 Å². The van der Waals surface area contributed by atoms with E-state index < -0.39 is 140 Å². The number of nitrogens with two attached hydrogens (primary N) is 1. The minimum Gasteiger partial charge on any atom is -0.481 e. The maximum atomic E-state index is 13.7. The zero-order valence-electron chi connectivity index (χ0n) is 32.1. The highest BCUT2D eigenvalue weighted by Crippen LogP contribution is 2.24. The zero-order valence-corrected chi connectivity index (χ0v) is 33.7. The van der Waals surface area contributed by atoms with Crippen LogP contribution in [0.3, 0.4) is 0 Å². The van der Waals surface area contributed by atoms with Crippen LogP contribution in [0, 0.1) is 5.92 Å². The summed E-state index contributed by atoms with van der Waals surface area (Å²) in [5, 5.41) is 44.5. The summed E-state index contributed by atoms with van der Waals surface area (Å²) < 4.78 is 0. The third-order valence-corrected chi connectivity index (χ3v) is 11.1. The predicted molar refractivity (Wildman–Crippen MR) is 205 cm³/mol. The molecule has 0 unspecified atom stereocenters. The number of carboxylic acid groups (broad SMARTS) is 3. The number of hydrogen-bond donors (Lipinski definition) is 11. The zero-order chi connectivity index (χ0) is 43.7. The van der Waals surface area contributed by atoms with Gasteiger partial charge < -0.3 is 63.2 Å². The molecule has 7 atom stereocenters. The summed E-state index contributed by atoms with van der Waals surface area (Å²) in [6.07, 6.45) is -1.40. The van der Waals surface area contributed by atoms with E-state index in [1.165, 1.54) is 11.8 Å². The summed E-state index contributed by atoms with van der Waals surface area (Å²) in [6, 6.07) is -9.63. The average Bonchev–Trinajstić information content (AvgIpc) is 3.64. The van der Waals surface area contributed by atoms with Crippen LogP contribution in [0.4, 0.5) is 0 Å². The smallest absolute Gasteiger partial charge is 0.327 e. The Morgan fingerprint density at radius 1 is 0.741 bits per heavy atom. The van der Waals surface area contributed by atoms with Crippen LogP contribution in [0.2, 0.25) is 0 Å². The second-order valence-electron chi connectivity index (χ2n) is 13.9. The van der Waals surface area contributed by atoms with Crippen molar-refractivity contribution in [2.45, 2.75) is 102 Å². The van der Waals surface area contributed by atoms with Crippen LogP contribution in [-0.4, -0.2) is 159 Å². The number of carboxylic acids is 3. The fourth-order valence-electron chi connectivity index (χ4n) is 5.60. The van der Waals surface area contributed by atoms with Gasteiger partial charge in [0.1, 0.15) is 36.3 Å². The van der Waals surface area contributed by atoms with Crippen molar-refractivity contribution in [3.8, 4) is 0 Å². The first kappa shape index (κ1) is 49.0. The van der Waals surface area contributed by atoms with Gasteiger partial charge in [0.2, 0.25) is 47.3 Å². The number of amides is 8. The SMILES string of the molecule is CC(C)C[C@@H]1NC(=O)CNC(=O)CNC(=O)[C@H](CC(=O)O)NC(=O)[C@H](CCC(=O)O)NC(=O)[C@H](C)NC(=O)[C@@H](N)CSSC[C@@H](C(=O)O)NC(=O)[C@@H]2CCCN2C1=O. The molecule has 2 fully saturated rings. The summed E-state index contributed by atoms with van der Waals surface area (Å²) in [5.74, 6) is -11.8. The number of rotatable bonds is 8. The van der Waals surface area contributed by atoms with Crippen molar-refractivity contribution in [2.75, 3.05) is 31.1 Å². The third kappa shape index (κ3) is 16.7. The number of carbonyl (C=O) groups excluding carboxylic acids is 8. The van der Waals surface area contributed by atoms with Crippen LogP contribution in [0.1, 0.15) is 59.3 Å². The second-order valence-corrected chi connectivity index (χ2v) is 16.4. The van der Waals surface area contributed by atoms with Crippen molar-refractivity contribution in [3.63, 3.8) is 0 Å². The van der Waals surface area contributed by atoms with Crippen molar-refractivity contribution in [2.24, 2.45) is 11.7 Å². The molecule has 0 bridgehead atoms. The van der Waals surface area contributed by atoms with E-state index in [4.69, 9.17) is 5.73 Å². The Labute approximate surface area is 340 Å². The van der Waals surface area contributed by atoms with Gasteiger partial charge in [0, 0.05) is 24.5 Å². The molecule has 0 radical (unpaired) electrons. The molecule has 25 heteroatoms. The molecule has 0 saturated carbocycles. The van der Waals surface area contributed by atoms with Crippen LogP contribution in [-0.2, 0) is 52.7 Å². The lowest BCUT2D eigenvalue weighted by Gasteiger charge is -2.30. The molecule has 0 aromatic carbocycles. The van der Waals surface area contributed by atoms with Crippen molar-refractivity contribution in [1.29, 1.82) is 0 Å². The molecule has 0 aromatic rings. The van der Waals surface area contributed by atoms with E-state index in [1.54, 1.807) is 13.8 Å². The summed E-state index contributed by atoms with van der Waals surface area (Å²) in [5.41, 5.74) is 5.97. The number of nitrogens with one attached hydrogen (secondary N) is 7. The first-order valence-electron chi connectivity index (χ1n) is 18.2. The fraction of sp³-hybridized carbons (Fsp3) is 0.667. The lowest BCUT2D eigenvalue weighted by atomic mass is 10.0. The fourth-order valence-corrected chi connectivity index (χ4v) is 7.88. The van der Waals surface area contributed by atoms with Gasteiger partial charge in [0.15, 0.2) is 0 Å². The van der Waals surface area contributed by atoms with E-state index in [9.17, 15) is 68.1 Å². The lowest BCUT2D eigenvalue weighted by Crippen LogP contribution is -2.58. The minimum atomic E-state index is -1.82. The maximum Gasteiger partial charge on any atom is 0.327 e. The summed E-state index contributed by atoms with van der Waals surface area (Å²) in [6.45, 7) is 3.49. The second kappa shape index (κ2) is 23.9. The molecule has 2 rings (SSSR count). The molecule has 324 valence electrons. The van der Waals surface area contributed by atoms with E-state index in [0.29, 0.717) is 6.42 Å². The van der Waals surface area contributed by atoms with Gasteiger partial charge >= 0.3 is 17.9 Å².